The Kier molecular flexibility index (Phi) is 2.43. The first-order valence-corrected chi connectivity index (χ1v) is 5.64. The number of benzene rings is 1. The van der Waals surface area contributed by atoms with Gasteiger partial charge in [0.25, 0.3) is 5.69 Å². The summed E-state index contributed by atoms with van der Waals surface area (Å²) in [5.41, 5.74) is 0.533. The van der Waals surface area contributed by atoms with Gasteiger partial charge in [-0.3, -0.25) is 14.7 Å². The monoisotopic (exact) mass is 276 g/mol. The lowest BCUT2D eigenvalue weighted by atomic mass is 10.1. The highest BCUT2D eigenvalue weighted by molar-refractivity contribution is 5.50. The van der Waals surface area contributed by atoms with Crippen LogP contribution in [0.1, 0.15) is 11.4 Å². The fourth-order valence-electron chi connectivity index (χ4n) is 2.11. The number of aromatic nitrogens is 2. The highest BCUT2D eigenvalue weighted by atomic mass is 16.6. The molecular weight excluding hydrogens is 268 g/mol. The van der Waals surface area contributed by atoms with Crippen LogP contribution >= 0.6 is 0 Å². The molecule has 1 aliphatic rings. The Morgan fingerprint density at radius 1 is 1.30 bits per heavy atom. The second-order valence-corrected chi connectivity index (χ2v) is 4.28. The Morgan fingerprint density at radius 3 is 2.70 bits per heavy atom. The van der Waals surface area contributed by atoms with E-state index in [2.05, 4.69) is 4.98 Å². The van der Waals surface area contributed by atoms with Crippen LogP contribution in [-0.2, 0) is 6.54 Å². The molecular formula is C11H8N4O5. The van der Waals surface area contributed by atoms with Crippen LogP contribution in [0.15, 0.2) is 18.2 Å². The summed E-state index contributed by atoms with van der Waals surface area (Å²) in [6.07, 6.45) is 0. The minimum atomic E-state index is -0.616. The van der Waals surface area contributed by atoms with Crippen molar-refractivity contribution in [3.63, 3.8) is 0 Å². The highest BCUT2D eigenvalue weighted by Gasteiger charge is 2.32. The molecule has 0 atom stereocenters. The van der Waals surface area contributed by atoms with Crippen molar-refractivity contribution in [2.75, 3.05) is 0 Å². The highest BCUT2D eigenvalue weighted by Crippen LogP contribution is 2.39. The van der Waals surface area contributed by atoms with Gasteiger partial charge in [0.15, 0.2) is 0 Å². The lowest BCUT2D eigenvalue weighted by Crippen LogP contribution is -2.11. The number of nitrogens with zero attached hydrogens (tertiary/aromatic N) is 4. The van der Waals surface area contributed by atoms with E-state index in [9.17, 15) is 20.2 Å². The van der Waals surface area contributed by atoms with Gasteiger partial charge in [0.05, 0.1) is 11.5 Å². The van der Waals surface area contributed by atoms with Gasteiger partial charge in [-0.1, -0.05) is 0 Å². The molecule has 0 unspecified atom stereocenters. The third kappa shape index (κ3) is 1.67. The van der Waals surface area contributed by atoms with Crippen LogP contribution < -0.4 is 4.74 Å². The van der Waals surface area contributed by atoms with Gasteiger partial charge in [-0.2, -0.15) is 0 Å². The zero-order chi connectivity index (χ0) is 14.4. The molecule has 0 bridgehead atoms. The summed E-state index contributed by atoms with van der Waals surface area (Å²) in [6, 6.07) is 4.12. The number of fused-ring (bicyclic) bond motifs is 2. The second-order valence-electron chi connectivity index (χ2n) is 4.28. The topological polar surface area (TPSA) is 113 Å². The van der Waals surface area contributed by atoms with Crippen molar-refractivity contribution >= 4 is 11.5 Å². The molecule has 1 aliphatic heterocycles. The third-order valence-electron chi connectivity index (χ3n) is 3.06. The van der Waals surface area contributed by atoms with E-state index in [1.807, 2.05) is 0 Å². The average Bonchev–Trinajstić information content (AvgIpc) is 2.73. The number of nitro groups is 2. The number of ether oxygens (including phenoxy) is 1. The van der Waals surface area contributed by atoms with Crippen LogP contribution in [0.25, 0.3) is 0 Å². The molecule has 2 heterocycles. The van der Waals surface area contributed by atoms with Crippen molar-refractivity contribution in [2.45, 2.75) is 13.5 Å². The third-order valence-corrected chi connectivity index (χ3v) is 3.06. The zero-order valence-electron chi connectivity index (χ0n) is 10.3. The summed E-state index contributed by atoms with van der Waals surface area (Å²) in [5.74, 6) is 0.482. The van der Waals surface area contributed by atoms with Crippen molar-refractivity contribution in [2.24, 2.45) is 0 Å². The number of imidazole rings is 1. The van der Waals surface area contributed by atoms with Crippen molar-refractivity contribution in [3.8, 4) is 11.6 Å². The van der Waals surface area contributed by atoms with Crippen LogP contribution in [0.4, 0.5) is 11.5 Å². The van der Waals surface area contributed by atoms with Gasteiger partial charge >= 0.3 is 11.7 Å². The molecule has 1 aromatic heterocycles. The lowest BCUT2D eigenvalue weighted by molar-refractivity contribution is -0.390. The van der Waals surface area contributed by atoms with Gasteiger partial charge in [-0.25, -0.2) is 0 Å². The van der Waals surface area contributed by atoms with E-state index in [-0.39, 0.29) is 23.9 Å². The fourth-order valence-corrected chi connectivity index (χ4v) is 2.11. The summed E-state index contributed by atoms with van der Waals surface area (Å²) in [4.78, 5) is 24.4. The first-order chi connectivity index (χ1) is 9.47. The second kappa shape index (κ2) is 4.02. The van der Waals surface area contributed by atoms with Crippen LogP contribution in [0.2, 0.25) is 0 Å². The Balaban J connectivity index is 2.10. The van der Waals surface area contributed by atoms with E-state index in [4.69, 9.17) is 4.74 Å². The Hall–Kier alpha value is -2.97. The van der Waals surface area contributed by atoms with Crippen molar-refractivity contribution in [3.05, 3.63) is 49.8 Å². The maximum absolute atomic E-state index is 10.9. The van der Waals surface area contributed by atoms with Crippen molar-refractivity contribution < 1.29 is 14.6 Å². The average molecular weight is 276 g/mol. The molecule has 2 aromatic rings. The number of rotatable bonds is 2. The molecule has 9 nitrogen and oxygen atoms in total. The van der Waals surface area contributed by atoms with Crippen LogP contribution in [0.5, 0.6) is 11.6 Å². The van der Waals surface area contributed by atoms with Gasteiger partial charge in [-0.05, 0) is 16.0 Å². The zero-order valence-corrected chi connectivity index (χ0v) is 10.3. The SMILES string of the molecule is Cc1nc([N+](=O)[O-])c2n1Cc1cc([N+](=O)[O-])ccc1O2. The standard InChI is InChI=1S/C11H8N4O5/c1-6-12-10(15(18)19)11-13(6)5-7-4-8(14(16)17)2-3-9(7)20-11/h2-4H,5H2,1H3. The summed E-state index contributed by atoms with van der Waals surface area (Å²) in [6.45, 7) is 1.86. The summed E-state index contributed by atoms with van der Waals surface area (Å²) in [7, 11) is 0. The van der Waals surface area contributed by atoms with Gasteiger partial charge in [0.1, 0.15) is 5.75 Å². The van der Waals surface area contributed by atoms with Gasteiger partial charge < -0.3 is 14.9 Å². The minimum absolute atomic E-state index is 0.0499. The summed E-state index contributed by atoms with van der Waals surface area (Å²) >= 11 is 0. The summed E-state index contributed by atoms with van der Waals surface area (Å²) in [5, 5.41) is 21.7. The number of aryl methyl sites for hydroxylation is 1. The van der Waals surface area contributed by atoms with E-state index in [1.54, 1.807) is 6.92 Å². The molecule has 0 saturated heterocycles. The molecule has 0 fully saturated rings. The fraction of sp³-hybridized carbons (Fsp3) is 0.182. The number of nitro benzene ring substituents is 1. The first-order valence-electron chi connectivity index (χ1n) is 5.64. The molecule has 3 rings (SSSR count). The Bertz CT molecular complexity index is 752. The quantitative estimate of drug-likeness (QED) is 0.523. The molecule has 1 aromatic carbocycles. The van der Waals surface area contributed by atoms with Crippen molar-refractivity contribution in [1.82, 2.24) is 9.55 Å². The maximum Gasteiger partial charge on any atom is 0.427 e. The molecule has 0 spiro atoms. The largest absolute Gasteiger partial charge is 0.433 e. The van der Waals surface area contributed by atoms with E-state index in [0.29, 0.717) is 17.1 Å². The van der Waals surface area contributed by atoms with E-state index >= 15 is 0 Å². The van der Waals surface area contributed by atoms with E-state index < -0.39 is 9.85 Å². The molecule has 0 saturated carbocycles. The molecule has 0 N–H and O–H groups in total. The normalized spacial score (nSPS) is 12.2. The van der Waals surface area contributed by atoms with Gasteiger partial charge in [0.2, 0.25) is 5.82 Å². The van der Waals surface area contributed by atoms with Crippen LogP contribution in [-0.4, -0.2) is 19.4 Å². The first kappa shape index (κ1) is 12.1. The number of hydrogen-bond acceptors (Lipinski definition) is 6. The van der Waals surface area contributed by atoms with Gasteiger partial charge in [-0.15, -0.1) is 0 Å². The van der Waals surface area contributed by atoms with Crippen LogP contribution in [0.3, 0.4) is 0 Å². The predicted molar refractivity (Wildman–Crippen MR) is 65.9 cm³/mol. The minimum Gasteiger partial charge on any atom is -0.433 e. The van der Waals surface area contributed by atoms with E-state index in [1.165, 1.54) is 22.8 Å². The molecule has 20 heavy (non-hydrogen) atoms. The Labute approximate surface area is 111 Å². The summed E-state index contributed by atoms with van der Waals surface area (Å²) < 4.78 is 6.98. The molecule has 9 heteroatoms. The molecule has 0 amide bonds. The predicted octanol–water partition coefficient (Wildman–Crippen LogP) is 2.16. The van der Waals surface area contributed by atoms with Crippen molar-refractivity contribution in [1.29, 1.82) is 0 Å². The molecule has 0 radical (unpaired) electrons. The number of non-ortho nitro benzene ring substituents is 1. The maximum atomic E-state index is 10.9. The number of hydrogen-bond donors (Lipinski definition) is 0. The van der Waals surface area contributed by atoms with Gasteiger partial charge in [0, 0.05) is 24.6 Å². The molecule has 0 aliphatic carbocycles. The lowest BCUT2D eigenvalue weighted by Gasteiger charge is -2.18. The smallest absolute Gasteiger partial charge is 0.427 e. The van der Waals surface area contributed by atoms with E-state index in [0.717, 1.165) is 0 Å². The van der Waals surface area contributed by atoms with Crippen LogP contribution in [0, 0.1) is 27.2 Å². The Morgan fingerprint density at radius 2 is 2.05 bits per heavy atom. The molecule has 102 valence electrons.